The summed E-state index contributed by atoms with van der Waals surface area (Å²) in [5.41, 5.74) is 0.367. The second-order valence-electron chi connectivity index (χ2n) is 6.27. The number of fused-ring (bicyclic) bond motifs is 1. The molecule has 0 unspecified atom stereocenters. The lowest BCUT2D eigenvalue weighted by Crippen LogP contribution is -2.29. The van der Waals surface area contributed by atoms with Gasteiger partial charge in [0, 0.05) is 18.1 Å². The molecule has 0 fully saturated rings. The van der Waals surface area contributed by atoms with Crippen molar-refractivity contribution in [1.29, 1.82) is 0 Å². The summed E-state index contributed by atoms with van der Waals surface area (Å²) < 4.78 is 46.8. The van der Waals surface area contributed by atoms with E-state index in [1.54, 1.807) is 24.3 Å². The van der Waals surface area contributed by atoms with Crippen molar-refractivity contribution >= 4 is 16.7 Å². The summed E-state index contributed by atoms with van der Waals surface area (Å²) in [6.45, 7) is 0.568. The van der Waals surface area contributed by atoms with E-state index < -0.39 is 18.0 Å². The molecule has 0 radical (unpaired) electrons. The van der Waals surface area contributed by atoms with Crippen molar-refractivity contribution in [3.05, 3.63) is 70.1 Å². The minimum absolute atomic E-state index is 0.0212. The van der Waals surface area contributed by atoms with Gasteiger partial charge in [-0.05, 0) is 30.3 Å². The van der Waals surface area contributed by atoms with Gasteiger partial charge in [0.25, 0.3) is 11.5 Å². The molecule has 1 amide bonds. The Bertz CT molecular complexity index is 1100. The smallest absolute Gasteiger partial charge is 0.406 e. The second kappa shape index (κ2) is 8.95. The van der Waals surface area contributed by atoms with E-state index in [1.807, 2.05) is 0 Å². The molecule has 10 heteroatoms. The van der Waals surface area contributed by atoms with Crippen molar-refractivity contribution in [3.8, 4) is 5.75 Å². The molecule has 3 aromatic rings. The fourth-order valence-corrected chi connectivity index (χ4v) is 2.84. The number of hydrogen-bond acceptors (Lipinski definition) is 5. The van der Waals surface area contributed by atoms with E-state index in [9.17, 15) is 22.8 Å². The maximum absolute atomic E-state index is 12.5. The van der Waals surface area contributed by atoms with Crippen LogP contribution < -0.4 is 15.6 Å². The van der Waals surface area contributed by atoms with E-state index in [2.05, 4.69) is 15.2 Å². The van der Waals surface area contributed by atoms with Crippen LogP contribution in [0, 0.1) is 0 Å². The Morgan fingerprint density at radius 3 is 2.40 bits per heavy atom. The van der Waals surface area contributed by atoms with Gasteiger partial charge in [-0.1, -0.05) is 18.2 Å². The summed E-state index contributed by atoms with van der Waals surface area (Å²) in [6, 6.07) is 11.5. The van der Waals surface area contributed by atoms with Crippen LogP contribution in [0.5, 0.6) is 5.75 Å². The first-order valence-corrected chi connectivity index (χ1v) is 8.90. The monoisotopic (exact) mass is 421 g/mol. The fraction of sp³-hybridized carbons (Fsp3) is 0.250. The zero-order valence-electron chi connectivity index (χ0n) is 15.9. The maximum atomic E-state index is 12.5. The van der Waals surface area contributed by atoms with Gasteiger partial charge < -0.3 is 14.8 Å². The van der Waals surface area contributed by atoms with Gasteiger partial charge in [0.1, 0.15) is 5.75 Å². The highest BCUT2D eigenvalue weighted by Crippen LogP contribution is 2.22. The molecule has 0 aliphatic heterocycles. The van der Waals surface area contributed by atoms with Crippen molar-refractivity contribution < 1.29 is 27.4 Å². The summed E-state index contributed by atoms with van der Waals surface area (Å²) >= 11 is 0. The van der Waals surface area contributed by atoms with Gasteiger partial charge in [-0.15, -0.1) is 13.2 Å². The number of nitrogens with one attached hydrogen (secondary N) is 1. The van der Waals surface area contributed by atoms with Crippen LogP contribution in [-0.2, 0) is 17.8 Å². The third kappa shape index (κ3) is 5.15. The summed E-state index contributed by atoms with van der Waals surface area (Å²) in [6.07, 6.45) is -4.80. The van der Waals surface area contributed by atoms with Gasteiger partial charge in [0.05, 0.1) is 30.8 Å². The summed E-state index contributed by atoms with van der Waals surface area (Å²) in [7, 11) is 1.51. The highest BCUT2D eigenvalue weighted by Gasteiger charge is 2.31. The first-order valence-electron chi connectivity index (χ1n) is 8.90. The lowest BCUT2D eigenvalue weighted by atomic mass is 10.1. The molecule has 0 saturated heterocycles. The number of amides is 1. The standard InChI is InChI=1S/C20H18F3N3O4/c1-29-11-10-26-19(28)16-5-3-2-4-15(16)17(25-26)12-24-18(27)13-6-8-14(9-7-13)30-20(21,22)23/h2-9H,10-12H2,1H3,(H,24,27). The Balaban J connectivity index is 1.78. The lowest BCUT2D eigenvalue weighted by molar-refractivity contribution is -0.274. The van der Waals surface area contributed by atoms with Crippen LogP contribution in [0.25, 0.3) is 10.8 Å². The molecule has 7 nitrogen and oxygen atoms in total. The van der Waals surface area contributed by atoms with Gasteiger partial charge in [0.15, 0.2) is 0 Å². The van der Waals surface area contributed by atoms with Crippen molar-refractivity contribution in [2.75, 3.05) is 13.7 Å². The number of benzene rings is 2. The predicted octanol–water partition coefficient (Wildman–Crippen LogP) is 2.87. The number of rotatable bonds is 7. The SMILES string of the molecule is COCCn1nc(CNC(=O)c2ccc(OC(F)(F)F)cc2)c2ccccc2c1=O. The minimum Gasteiger partial charge on any atom is -0.406 e. The Morgan fingerprint density at radius 1 is 1.10 bits per heavy atom. The average Bonchev–Trinajstić information content (AvgIpc) is 2.72. The third-order valence-corrected chi connectivity index (χ3v) is 4.22. The van der Waals surface area contributed by atoms with E-state index in [1.165, 1.54) is 23.9 Å². The lowest BCUT2D eigenvalue weighted by Gasteiger charge is -2.12. The molecule has 1 N–H and O–H groups in total. The molecule has 1 aromatic heterocycles. The van der Waals surface area contributed by atoms with Gasteiger partial charge >= 0.3 is 6.36 Å². The van der Waals surface area contributed by atoms with Crippen LogP contribution in [0.1, 0.15) is 16.1 Å². The fourth-order valence-electron chi connectivity index (χ4n) is 2.84. The molecule has 0 saturated carbocycles. The van der Waals surface area contributed by atoms with E-state index in [4.69, 9.17) is 4.74 Å². The van der Waals surface area contributed by atoms with Crippen LogP contribution in [0.3, 0.4) is 0 Å². The molecule has 0 spiro atoms. The zero-order valence-corrected chi connectivity index (χ0v) is 15.9. The van der Waals surface area contributed by atoms with Gasteiger partial charge in [-0.2, -0.15) is 5.10 Å². The summed E-state index contributed by atoms with van der Waals surface area (Å²) in [5.74, 6) is -0.925. The van der Waals surface area contributed by atoms with Crippen LogP contribution in [0.15, 0.2) is 53.3 Å². The minimum atomic E-state index is -4.80. The van der Waals surface area contributed by atoms with E-state index in [0.29, 0.717) is 23.1 Å². The highest BCUT2D eigenvalue weighted by atomic mass is 19.4. The number of ether oxygens (including phenoxy) is 2. The highest BCUT2D eigenvalue weighted by molar-refractivity contribution is 5.94. The largest absolute Gasteiger partial charge is 0.573 e. The summed E-state index contributed by atoms with van der Waals surface area (Å²) in [4.78, 5) is 24.9. The topological polar surface area (TPSA) is 82.4 Å². The number of aromatic nitrogens is 2. The van der Waals surface area contributed by atoms with Crippen molar-refractivity contribution in [1.82, 2.24) is 15.1 Å². The number of methoxy groups -OCH3 is 1. The zero-order chi connectivity index (χ0) is 21.7. The van der Waals surface area contributed by atoms with Crippen molar-refractivity contribution in [2.45, 2.75) is 19.5 Å². The van der Waals surface area contributed by atoms with Crippen LogP contribution in [-0.4, -0.2) is 35.8 Å². The third-order valence-electron chi connectivity index (χ3n) is 4.22. The molecule has 2 aromatic carbocycles. The predicted molar refractivity (Wildman–Crippen MR) is 102 cm³/mol. The van der Waals surface area contributed by atoms with E-state index >= 15 is 0 Å². The Kier molecular flexibility index (Phi) is 6.36. The van der Waals surface area contributed by atoms with Crippen LogP contribution >= 0.6 is 0 Å². The van der Waals surface area contributed by atoms with Crippen LogP contribution in [0.2, 0.25) is 0 Å². The quantitative estimate of drug-likeness (QED) is 0.635. The molecular formula is C20H18F3N3O4. The average molecular weight is 421 g/mol. The molecule has 0 atom stereocenters. The Hall–Kier alpha value is -3.40. The molecule has 158 valence electrons. The molecule has 0 aliphatic carbocycles. The van der Waals surface area contributed by atoms with Crippen molar-refractivity contribution in [3.63, 3.8) is 0 Å². The first-order chi connectivity index (χ1) is 14.3. The first kappa shape index (κ1) is 21.3. The van der Waals surface area contributed by atoms with Crippen LogP contribution in [0.4, 0.5) is 13.2 Å². The molecule has 3 rings (SSSR count). The van der Waals surface area contributed by atoms with Gasteiger partial charge in [-0.3, -0.25) is 9.59 Å². The Morgan fingerprint density at radius 2 is 1.77 bits per heavy atom. The molecule has 1 heterocycles. The Labute approximate surface area is 169 Å². The van der Waals surface area contributed by atoms with E-state index in [0.717, 1.165) is 12.1 Å². The van der Waals surface area contributed by atoms with E-state index in [-0.39, 0.29) is 24.2 Å². The number of carbonyl (C=O) groups is 1. The maximum Gasteiger partial charge on any atom is 0.573 e. The number of nitrogens with zero attached hydrogens (tertiary/aromatic N) is 2. The number of halogens is 3. The normalized spacial score (nSPS) is 11.5. The van der Waals surface area contributed by atoms with Crippen molar-refractivity contribution in [2.24, 2.45) is 0 Å². The summed E-state index contributed by atoms with van der Waals surface area (Å²) in [5, 5.41) is 8.05. The number of carbonyl (C=O) groups excluding carboxylic acids is 1. The van der Waals surface area contributed by atoms with Gasteiger partial charge in [-0.25, -0.2) is 4.68 Å². The molecule has 30 heavy (non-hydrogen) atoms. The number of hydrogen-bond donors (Lipinski definition) is 1. The molecule has 0 bridgehead atoms. The second-order valence-corrected chi connectivity index (χ2v) is 6.27. The number of alkyl halides is 3. The molecular weight excluding hydrogens is 403 g/mol. The molecule has 0 aliphatic rings. The van der Waals surface area contributed by atoms with Gasteiger partial charge in [0.2, 0.25) is 0 Å².